The highest BCUT2D eigenvalue weighted by Crippen LogP contribution is 2.19. The summed E-state index contributed by atoms with van der Waals surface area (Å²) in [4.78, 5) is 2.26. The van der Waals surface area contributed by atoms with E-state index in [4.69, 9.17) is 5.11 Å². The van der Waals surface area contributed by atoms with Crippen LogP contribution in [-0.2, 0) is 16.6 Å². The van der Waals surface area contributed by atoms with Gasteiger partial charge in [0.25, 0.3) is 10.0 Å². The molecule has 0 atom stereocenters. The Balaban J connectivity index is 2.10. The Morgan fingerprint density at radius 2 is 2.05 bits per heavy atom. The number of aromatic nitrogens is 2. The average Bonchev–Trinajstić information content (AvgIpc) is 2.89. The number of hydrogen-bond donors (Lipinski definition) is 2. The third kappa shape index (κ3) is 2.97. The van der Waals surface area contributed by atoms with Gasteiger partial charge in [0.15, 0.2) is 5.03 Å². The number of aromatic amines is 1. The van der Waals surface area contributed by atoms with Crippen LogP contribution in [0.4, 0.5) is 0 Å². The van der Waals surface area contributed by atoms with Crippen LogP contribution in [0, 0.1) is 0 Å². The molecule has 0 radical (unpaired) electrons. The zero-order valence-corrected chi connectivity index (χ0v) is 11.9. The van der Waals surface area contributed by atoms with Crippen molar-refractivity contribution in [1.82, 2.24) is 19.4 Å². The highest BCUT2D eigenvalue weighted by Gasteiger charge is 2.31. The molecule has 1 fully saturated rings. The SMILES string of the molecule is CCCN1CCN(S(=O)(=O)c2[nH]ncc2CO)CC1. The molecule has 0 spiro atoms. The number of sulfonamides is 1. The number of aliphatic hydroxyl groups excluding tert-OH is 1. The molecule has 8 heteroatoms. The number of piperazine rings is 1. The van der Waals surface area contributed by atoms with E-state index in [2.05, 4.69) is 22.0 Å². The second-order valence-corrected chi connectivity index (χ2v) is 6.50. The summed E-state index contributed by atoms with van der Waals surface area (Å²) in [5.74, 6) is 0. The summed E-state index contributed by atoms with van der Waals surface area (Å²) in [6.07, 6.45) is 2.42. The zero-order valence-electron chi connectivity index (χ0n) is 11.0. The van der Waals surface area contributed by atoms with Crippen molar-refractivity contribution in [3.05, 3.63) is 11.8 Å². The van der Waals surface area contributed by atoms with Crippen molar-refractivity contribution in [2.45, 2.75) is 25.0 Å². The molecule has 2 N–H and O–H groups in total. The van der Waals surface area contributed by atoms with E-state index >= 15 is 0 Å². The molecule has 0 saturated carbocycles. The Bertz CT molecular complexity index is 506. The molecular weight excluding hydrogens is 268 g/mol. The zero-order chi connectivity index (χ0) is 13.9. The van der Waals surface area contributed by atoms with Crippen molar-refractivity contribution in [1.29, 1.82) is 0 Å². The van der Waals surface area contributed by atoms with Crippen molar-refractivity contribution in [3.8, 4) is 0 Å². The molecule has 1 aromatic heterocycles. The van der Waals surface area contributed by atoms with Gasteiger partial charge in [-0.25, -0.2) is 8.42 Å². The van der Waals surface area contributed by atoms with Crippen LogP contribution in [0.25, 0.3) is 0 Å². The van der Waals surface area contributed by atoms with Gasteiger partial charge < -0.3 is 10.0 Å². The van der Waals surface area contributed by atoms with E-state index < -0.39 is 10.0 Å². The summed E-state index contributed by atoms with van der Waals surface area (Å²) in [5, 5.41) is 15.3. The number of nitrogens with one attached hydrogen (secondary N) is 1. The molecule has 0 bridgehead atoms. The molecule has 2 heterocycles. The van der Waals surface area contributed by atoms with E-state index in [0.29, 0.717) is 18.7 Å². The molecular formula is C11H20N4O3S. The molecule has 1 saturated heterocycles. The van der Waals surface area contributed by atoms with Crippen LogP contribution in [0.3, 0.4) is 0 Å². The number of H-pyrrole nitrogens is 1. The molecule has 0 unspecified atom stereocenters. The molecule has 0 aliphatic carbocycles. The van der Waals surface area contributed by atoms with Crippen LogP contribution in [-0.4, -0.2) is 65.7 Å². The fourth-order valence-electron chi connectivity index (χ4n) is 2.27. The van der Waals surface area contributed by atoms with E-state index in [0.717, 1.165) is 26.1 Å². The van der Waals surface area contributed by atoms with E-state index in [1.807, 2.05) is 0 Å². The van der Waals surface area contributed by atoms with Gasteiger partial charge in [0.2, 0.25) is 0 Å². The van der Waals surface area contributed by atoms with Crippen LogP contribution in [0.15, 0.2) is 11.2 Å². The maximum atomic E-state index is 12.4. The number of nitrogens with zero attached hydrogens (tertiary/aromatic N) is 3. The van der Waals surface area contributed by atoms with Crippen LogP contribution in [0.2, 0.25) is 0 Å². The first-order valence-corrected chi connectivity index (χ1v) is 7.89. The molecule has 0 amide bonds. The standard InChI is InChI=1S/C11H20N4O3S/c1-2-3-14-4-6-15(7-5-14)19(17,18)11-10(9-16)8-12-13-11/h8,16H,2-7,9H2,1H3,(H,12,13). The largest absolute Gasteiger partial charge is 0.392 e. The predicted octanol–water partition coefficient (Wildman–Crippen LogP) is -0.382. The topological polar surface area (TPSA) is 89.5 Å². The lowest BCUT2D eigenvalue weighted by Crippen LogP contribution is -2.48. The van der Waals surface area contributed by atoms with Crippen LogP contribution in [0.1, 0.15) is 18.9 Å². The maximum absolute atomic E-state index is 12.4. The molecule has 1 aliphatic heterocycles. The number of hydrogen-bond acceptors (Lipinski definition) is 5. The number of rotatable bonds is 5. The van der Waals surface area contributed by atoms with Gasteiger partial charge in [-0.05, 0) is 13.0 Å². The van der Waals surface area contributed by atoms with Gasteiger partial charge in [-0.2, -0.15) is 9.40 Å². The molecule has 108 valence electrons. The Kier molecular flexibility index (Phi) is 4.56. The second-order valence-electron chi connectivity index (χ2n) is 4.63. The van der Waals surface area contributed by atoms with Crippen molar-refractivity contribution >= 4 is 10.0 Å². The third-order valence-corrected chi connectivity index (χ3v) is 5.23. The maximum Gasteiger partial charge on any atom is 0.260 e. The number of aliphatic hydroxyl groups is 1. The van der Waals surface area contributed by atoms with Crippen LogP contribution < -0.4 is 0 Å². The Hall–Kier alpha value is -0.960. The average molecular weight is 288 g/mol. The summed E-state index contributed by atoms with van der Waals surface area (Å²) in [7, 11) is -3.57. The van der Waals surface area contributed by atoms with Crippen LogP contribution >= 0.6 is 0 Å². The van der Waals surface area contributed by atoms with Crippen LogP contribution in [0.5, 0.6) is 0 Å². The normalized spacial score (nSPS) is 18.8. The lowest BCUT2D eigenvalue weighted by Gasteiger charge is -2.33. The molecule has 1 aromatic rings. The summed E-state index contributed by atoms with van der Waals surface area (Å²) >= 11 is 0. The van der Waals surface area contributed by atoms with Crippen molar-refractivity contribution in [2.24, 2.45) is 0 Å². The van der Waals surface area contributed by atoms with Gasteiger partial charge in [0.05, 0.1) is 12.8 Å². The van der Waals surface area contributed by atoms with Gasteiger partial charge in [-0.3, -0.25) is 5.10 Å². The second kappa shape index (κ2) is 6.00. The van der Waals surface area contributed by atoms with Gasteiger partial charge in [-0.1, -0.05) is 6.92 Å². The first-order valence-electron chi connectivity index (χ1n) is 6.45. The van der Waals surface area contributed by atoms with Crippen molar-refractivity contribution in [2.75, 3.05) is 32.7 Å². The fourth-order valence-corrected chi connectivity index (χ4v) is 3.79. The molecule has 1 aliphatic rings. The Labute approximate surface area is 113 Å². The Morgan fingerprint density at radius 3 is 2.63 bits per heavy atom. The predicted molar refractivity (Wildman–Crippen MR) is 70.0 cm³/mol. The molecule has 19 heavy (non-hydrogen) atoms. The quantitative estimate of drug-likeness (QED) is 0.771. The van der Waals surface area contributed by atoms with Gasteiger partial charge in [0, 0.05) is 31.7 Å². The third-order valence-electron chi connectivity index (χ3n) is 3.32. The lowest BCUT2D eigenvalue weighted by molar-refractivity contribution is 0.188. The fraction of sp³-hybridized carbons (Fsp3) is 0.727. The summed E-state index contributed by atoms with van der Waals surface area (Å²) < 4.78 is 26.3. The summed E-state index contributed by atoms with van der Waals surface area (Å²) in [6.45, 7) is 5.23. The summed E-state index contributed by atoms with van der Waals surface area (Å²) in [6, 6.07) is 0. The minimum Gasteiger partial charge on any atom is -0.392 e. The molecule has 0 aromatic carbocycles. The van der Waals surface area contributed by atoms with Gasteiger partial charge >= 0.3 is 0 Å². The minimum atomic E-state index is -3.57. The van der Waals surface area contributed by atoms with Crippen molar-refractivity contribution in [3.63, 3.8) is 0 Å². The summed E-state index contributed by atoms with van der Waals surface area (Å²) in [5.41, 5.74) is 0.316. The van der Waals surface area contributed by atoms with Crippen molar-refractivity contribution < 1.29 is 13.5 Å². The van der Waals surface area contributed by atoms with E-state index in [-0.39, 0.29) is 11.6 Å². The first-order chi connectivity index (χ1) is 9.09. The van der Waals surface area contributed by atoms with E-state index in [1.54, 1.807) is 0 Å². The smallest absolute Gasteiger partial charge is 0.260 e. The van der Waals surface area contributed by atoms with Gasteiger partial charge in [0.1, 0.15) is 0 Å². The monoisotopic (exact) mass is 288 g/mol. The highest BCUT2D eigenvalue weighted by molar-refractivity contribution is 7.89. The lowest BCUT2D eigenvalue weighted by atomic mass is 10.3. The Morgan fingerprint density at radius 1 is 1.37 bits per heavy atom. The molecule has 2 rings (SSSR count). The highest BCUT2D eigenvalue weighted by atomic mass is 32.2. The van der Waals surface area contributed by atoms with Gasteiger partial charge in [-0.15, -0.1) is 0 Å². The van der Waals surface area contributed by atoms with E-state index in [1.165, 1.54) is 10.5 Å². The first kappa shape index (κ1) is 14.4. The van der Waals surface area contributed by atoms with E-state index in [9.17, 15) is 8.42 Å². The minimum absolute atomic E-state index is 0.0129. The molecule has 7 nitrogen and oxygen atoms in total.